The third-order valence-corrected chi connectivity index (χ3v) is 5.41. The maximum Gasteiger partial charge on any atom is 0.230 e. The molecule has 1 atom stereocenters. The van der Waals surface area contributed by atoms with Crippen LogP contribution in [0.15, 0.2) is 15.9 Å². The first-order valence-corrected chi connectivity index (χ1v) is 7.94. The Morgan fingerprint density at radius 2 is 2.17 bits per heavy atom. The van der Waals surface area contributed by atoms with Crippen molar-refractivity contribution in [3.63, 3.8) is 0 Å². The van der Waals surface area contributed by atoms with Gasteiger partial charge in [0.1, 0.15) is 0 Å². The van der Waals surface area contributed by atoms with Gasteiger partial charge in [0.25, 0.3) is 0 Å². The van der Waals surface area contributed by atoms with Gasteiger partial charge in [0.2, 0.25) is 5.91 Å². The average Bonchev–Trinajstić information content (AvgIpc) is 2.84. The summed E-state index contributed by atoms with van der Waals surface area (Å²) in [4.78, 5) is 15.5. The molecule has 0 bridgehead atoms. The Labute approximate surface area is 121 Å². The van der Waals surface area contributed by atoms with Gasteiger partial charge in [-0.15, -0.1) is 11.3 Å². The number of carbonyl (C=O) groups is 1. The highest BCUT2D eigenvalue weighted by molar-refractivity contribution is 9.11. The highest BCUT2D eigenvalue weighted by Crippen LogP contribution is 2.30. The molecule has 18 heavy (non-hydrogen) atoms. The Bertz CT molecular complexity index is 413. The van der Waals surface area contributed by atoms with Crippen LogP contribution in [0.4, 0.5) is 0 Å². The molecule has 2 rings (SSSR count). The van der Waals surface area contributed by atoms with Crippen LogP contribution in [-0.2, 0) is 4.79 Å². The van der Waals surface area contributed by atoms with Crippen LogP contribution in [0.3, 0.4) is 0 Å². The molecular weight excluding hydrogens is 312 g/mol. The van der Waals surface area contributed by atoms with Crippen molar-refractivity contribution in [2.75, 3.05) is 20.1 Å². The first-order chi connectivity index (χ1) is 8.61. The predicted octanol–water partition coefficient (Wildman–Crippen LogP) is 2.82. The number of amides is 1. The van der Waals surface area contributed by atoms with Crippen molar-refractivity contribution in [2.24, 2.45) is 0 Å². The fourth-order valence-electron chi connectivity index (χ4n) is 2.35. The standard InChI is InChI=1S/C13H19BrN2OS/c1-9(11-3-4-12(14)18-11)13(17)16-7-5-10(15-2)6-8-16/h3-4,9-10,15H,5-8H2,1-2H3. The zero-order valence-corrected chi connectivity index (χ0v) is 13.2. The van der Waals surface area contributed by atoms with Gasteiger partial charge >= 0.3 is 0 Å². The molecule has 1 fully saturated rings. The molecule has 1 amide bonds. The third kappa shape index (κ3) is 3.13. The molecular formula is C13H19BrN2OS. The molecule has 100 valence electrons. The van der Waals surface area contributed by atoms with Crippen molar-refractivity contribution in [2.45, 2.75) is 31.7 Å². The van der Waals surface area contributed by atoms with Gasteiger partial charge in [0.15, 0.2) is 0 Å². The molecule has 1 unspecified atom stereocenters. The lowest BCUT2D eigenvalue weighted by molar-refractivity contribution is -0.133. The van der Waals surface area contributed by atoms with Crippen molar-refractivity contribution in [3.05, 3.63) is 20.8 Å². The summed E-state index contributed by atoms with van der Waals surface area (Å²) in [5, 5.41) is 3.29. The SMILES string of the molecule is CNC1CCN(C(=O)C(C)c2ccc(Br)s2)CC1. The van der Waals surface area contributed by atoms with Crippen LogP contribution in [0.1, 0.15) is 30.6 Å². The smallest absolute Gasteiger partial charge is 0.230 e. The molecule has 1 aromatic heterocycles. The zero-order chi connectivity index (χ0) is 13.1. The number of hydrogen-bond acceptors (Lipinski definition) is 3. The van der Waals surface area contributed by atoms with E-state index >= 15 is 0 Å². The Kier molecular flexibility index (Phi) is 4.81. The van der Waals surface area contributed by atoms with E-state index in [0.717, 1.165) is 34.6 Å². The van der Waals surface area contributed by atoms with Gasteiger partial charge in [-0.3, -0.25) is 4.79 Å². The van der Waals surface area contributed by atoms with E-state index in [4.69, 9.17) is 0 Å². The number of hydrogen-bond donors (Lipinski definition) is 1. The summed E-state index contributed by atoms with van der Waals surface area (Å²) >= 11 is 5.10. The van der Waals surface area contributed by atoms with E-state index in [0.29, 0.717) is 6.04 Å². The summed E-state index contributed by atoms with van der Waals surface area (Å²) in [6.07, 6.45) is 2.12. The maximum absolute atomic E-state index is 12.4. The lowest BCUT2D eigenvalue weighted by Gasteiger charge is -2.33. The lowest BCUT2D eigenvalue weighted by atomic mass is 10.0. The number of rotatable bonds is 3. The normalized spacial score (nSPS) is 18.9. The lowest BCUT2D eigenvalue weighted by Crippen LogP contribution is -2.45. The van der Waals surface area contributed by atoms with E-state index in [1.54, 1.807) is 11.3 Å². The number of nitrogens with zero attached hydrogens (tertiary/aromatic N) is 1. The number of thiophene rings is 1. The molecule has 5 heteroatoms. The summed E-state index contributed by atoms with van der Waals surface area (Å²) < 4.78 is 1.09. The molecule has 1 N–H and O–H groups in total. The largest absolute Gasteiger partial charge is 0.342 e. The van der Waals surface area contributed by atoms with Crippen LogP contribution in [0.2, 0.25) is 0 Å². The molecule has 1 aliphatic heterocycles. The van der Waals surface area contributed by atoms with Gasteiger partial charge in [0.05, 0.1) is 9.70 Å². The van der Waals surface area contributed by atoms with Gasteiger partial charge in [-0.2, -0.15) is 0 Å². The molecule has 1 aromatic rings. The van der Waals surface area contributed by atoms with Gasteiger partial charge in [-0.25, -0.2) is 0 Å². The van der Waals surface area contributed by atoms with Gasteiger partial charge in [0, 0.05) is 24.0 Å². The minimum absolute atomic E-state index is 0.0209. The Hall–Kier alpha value is -0.390. The van der Waals surface area contributed by atoms with Crippen LogP contribution in [0.25, 0.3) is 0 Å². The number of carbonyl (C=O) groups excluding carboxylic acids is 1. The Balaban J connectivity index is 1.95. The van der Waals surface area contributed by atoms with Gasteiger partial charge in [-0.05, 0) is 54.9 Å². The second-order valence-corrected chi connectivity index (χ2v) is 7.25. The van der Waals surface area contributed by atoms with Crippen molar-refractivity contribution in [3.8, 4) is 0 Å². The highest BCUT2D eigenvalue weighted by Gasteiger charge is 2.26. The Morgan fingerprint density at radius 3 is 2.67 bits per heavy atom. The van der Waals surface area contributed by atoms with Crippen LogP contribution in [0, 0.1) is 0 Å². The van der Waals surface area contributed by atoms with Crippen LogP contribution < -0.4 is 5.32 Å². The fraction of sp³-hybridized carbons (Fsp3) is 0.615. The molecule has 1 aliphatic rings. The molecule has 3 nitrogen and oxygen atoms in total. The van der Waals surface area contributed by atoms with Gasteiger partial charge in [-0.1, -0.05) is 0 Å². The number of nitrogens with one attached hydrogen (secondary N) is 1. The van der Waals surface area contributed by atoms with Crippen molar-refractivity contribution in [1.29, 1.82) is 0 Å². The minimum atomic E-state index is -0.0209. The van der Waals surface area contributed by atoms with Crippen molar-refractivity contribution in [1.82, 2.24) is 10.2 Å². The average molecular weight is 331 g/mol. The molecule has 0 aromatic carbocycles. The highest BCUT2D eigenvalue weighted by atomic mass is 79.9. The van der Waals surface area contributed by atoms with Crippen molar-refractivity contribution < 1.29 is 4.79 Å². The quantitative estimate of drug-likeness (QED) is 0.924. The second-order valence-electron chi connectivity index (χ2n) is 4.75. The summed E-state index contributed by atoms with van der Waals surface area (Å²) in [6.45, 7) is 3.76. The van der Waals surface area contributed by atoms with Crippen LogP contribution >= 0.6 is 27.3 Å². The molecule has 1 saturated heterocycles. The number of piperidine rings is 1. The number of halogens is 1. The number of likely N-dealkylation sites (tertiary alicyclic amines) is 1. The minimum Gasteiger partial charge on any atom is -0.342 e. The topological polar surface area (TPSA) is 32.3 Å². The van der Waals surface area contributed by atoms with E-state index in [1.165, 1.54) is 0 Å². The predicted molar refractivity (Wildman–Crippen MR) is 79.1 cm³/mol. The Morgan fingerprint density at radius 1 is 1.50 bits per heavy atom. The van der Waals surface area contributed by atoms with Crippen LogP contribution in [-0.4, -0.2) is 37.0 Å². The van der Waals surface area contributed by atoms with Gasteiger partial charge < -0.3 is 10.2 Å². The molecule has 0 radical (unpaired) electrons. The van der Waals surface area contributed by atoms with E-state index in [-0.39, 0.29) is 11.8 Å². The maximum atomic E-state index is 12.4. The summed E-state index contributed by atoms with van der Waals surface area (Å²) in [5.41, 5.74) is 0. The molecule has 2 heterocycles. The van der Waals surface area contributed by atoms with Crippen molar-refractivity contribution >= 4 is 33.2 Å². The summed E-state index contributed by atoms with van der Waals surface area (Å²) in [6, 6.07) is 4.62. The molecule has 0 saturated carbocycles. The second kappa shape index (κ2) is 6.17. The van der Waals surface area contributed by atoms with E-state index in [1.807, 2.05) is 31.0 Å². The molecule has 0 spiro atoms. The monoisotopic (exact) mass is 330 g/mol. The first kappa shape index (κ1) is 14.0. The molecule has 0 aliphatic carbocycles. The van der Waals surface area contributed by atoms with E-state index in [2.05, 4.69) is 21.2 Å². The summed E-state index contributed by atoms with van der Waals surface area (Å²) in [7, 11) is 1.99. The van der Waals surface area contributed by atoms with Crippen LogP contribution in [0.5, 0.6) is 0 Å². The summed E-state index contributed by atoms with van der Waals surface area (Å²) in [5.74, 6) is 0.242. The van der Waals surface area contributed by atoms with E-state index < -0.39 is 0 Å². The van der Waals surface area contributed by atoms with E-state index in [9.17, 15) is 4.79 Å². The fourth-order valence-corrected chi connectivity index (χ4v) is 3.81. The zero-order valence-electron chi connectivity index (χ0n) is 10.8. The third-order valence-electron chi connectivity index (χ3n) is 3.61. The first-order valence-electron chi connectivity index (χ1n) is 6.33.